The molecule has 0 radical (unpaired) electrons. The van der Waals surface area contributed by atoms with Crippen molar-refractivity contribution < 1.29 is 23.1 Å². The van der Waals surface area contributed by atoms with Gasteiger partial charge in [-0.25, -0.2) is 18.2 Å². The summed E-state index contributed by atoms with van der Waals surface area (Å²) in [5.74, 6) is 0. The highest BCUT2D eigenvalue weighted by molar-refractivity contribution is 7.92. The molecular formula is C17H27N3O5S. The molecule has 0 saturated carbocycles. The van der Waals surface area contributed by atoms with Gasteiger partial charge in [-0.05, 0) is 52.7 Å². The van der Waals surface area contributed by atoms with Gasteiger partial charge in [0.15, 0.2) is 9.90 Å². The molecule has 0 spiro atoms. The third kappa shape index (κ3) is 4.33. The van der Waals surface area contributed by atoms with Crippen LogP contribution in [-0.4, -0.2) is 53.8 Å². The monoisotopic (exact) mass is 385 g/mol. The molecule has 1 aromatic heterocycles. The maximum Gasteiger partial charge on any atom is 0.409 e. The summed E-state index contributed by atoms with van der Waals surface area (Å²) >= 11 is 0. The molecule has 3 atom stereocenters. The number of aliphatic hydroxyl groups is 1. The zero-order valence-electron chi connectivity index (χ0n) is 15.5. The summed E-state index contributed by atoms with van der Waals surface area (Å²) in [7, 11) is -4.18. The molecule has 3 N–H and O–H groups in total. The van der Waals surface area contributed by atoms with E-state index in [2.05, 4.69) is 15.6 Å². The van der Waals surface area contributed by atoms with E-state index >= 15 is 0 Å². The number of aliphatic hydroxyl groups excluding tert-OH is 1. The van der Waals surface area contributed by atoms with Crippen molar-refractivity contribution in [1.29, 1.82) is 0 Å². The van der Waals surface area contributed by atoms with Crippen LogP contribution in [0.15, 0.2) is 29.4 Å². The zero-order valence-corrected chi connectivity index (χ0v) is 16.3. The molecule has 0 unspecified atom stereocenters. The Hall–Kier alpha value is -1.71. The maximum atomic E-state index is 13.4. The van der Waals surface area contributed by atoms with Crippen molar-refractivity contribution in [2.45, 2.75) is 68.2 Å². The molecule has 26 heavy (non-hydrogen) atoms. The van der Waals surface area contributed by atoms with Gasteiger partial charge >= 0.3 is 6.09 Å². The predicted molar refractivity (Wildman–Crippen MR) is 96.2 cm³/mol. The molecule has 1 amide bonds. The third-order valence-electron chi connectivity index (χ3n) is 4.25. The molecule has 0 aromatic carbocycles. The van der Waals surface area contributed by atoms with Gasteiger partial charge in [-0.2, -0.15) is 0 Å². The van der Waals surface area contributed by atoms with Crippen molar-refractivity contribution in [2.24, 2.45) is 0 Å². The minimum atomic E-state index is -4.18. The van der Waals surface area contributed by atoms with Crippen LogP contribution in [0.25, 0.3) is 0 Å². The number of β-amino-alcohol motifs (C(OH)–C–C–N with tert-alkyl or cyclic N) is 1. The number of carbonyl (C=O) groups excluding carboxylic acids is 1. The number of hydrogen-bond acceptors (Lipinski definition) is 7. The van der Waals surface area contributed by atoms with Crippen LogP contribution in [0.2, 0.25) is 0 Å². The average molecular weight is 385 g/mol. The number of ether oxygens (including phenoxy) is 1. The summed E-state index contributed by atoms with van der Waals surface area (Å²) in [4.78, 5) is 14.4. The summed E-state index contributed by atoms with van der Waals surface area (Å²) in [6.07, 6.45) is -0.435. The number of alkyl carbamates (subject to hydrolysis) is 1. The van der Waals surface area contributed by atoms with E-state index in [0.29, 0.717) is 6.42 Å². The van der Waals surface area contributed by atoms with Gasteiger partial charge in [0.2, 0.25) is 9.84 Å². The number of carbonyl (C=O) groups is 1. The van der Waals surface area contributed by atoms with Gasteiger partial charge in [0.25, 0.3) is 0 Å². The molecule has 1 fully saturated rings. The minimum absolute atomic E-state index is 0.00843. The first kappa shape index (κ1) is 20.6. The highest BCUT2D eigenvalue weighted by Gasteiger charge is 2.53. The first-order chi connectivity index (χ1) is 12.0. The second kappa shape index (κ2) is 7.50. The van der Waals surface area contributed by atoms with Gasteiger partial charge in [0.05, 0.1) is 0 Å². The van der Waals surface area contributed by atoms with Crippen LogP contribution in [-0.2, 0) is 14.6 Å². The molecule has 0 aliphatic carbocycles. The quantitative estimate of drug-likeness (QED) is 0.716. The van der Waals surface area contributed by atoms with Crippen molar-refractivity contribution in [2.75, 3.05) is 6.54 Å². The van der Waals surface area contributed by atoms with Gasteiger partial charge < -0.3 is 15.2 Å². The van der Waals surface area contributed by atoms with Crippen LogP contribution in [0.1, 0.15) is 40.5 Å². The highest BCUT2D eigenvalue weighted by Crippen LogP contribution is 2.33. The van der Waals surface area contributed by atoms with Crippen molar-refractivity contribution in [3.8, 4) is 0 Å². The van der Waals surface area contributed by atoms with Crippen molar-refractivity contribution in [3.05, 3.63) is 24.4 Å². The molecule has 1 aliphatic rings. The fraction of sp³-hybridized carbons (Fsp3) is 0.647. The average Bonchev–Trinajstić information content (AvgIpc) is 2.68. The minimum Gasteiger partial charge on any atom is -0.444 e. The first-order valence-corrected chi connectivity index (χ1v) is 10.0. The van der Waals surface area contributed by atoms with Gasteiger partial charge in [0, 0.05) is 18.8 Å². The normalized spacial score (nSPS) is 27.4. The van der Waals surface area contributed by atoms with E-state index in [-0.39, 0.29) is 24.0 Å². The summed E-state index contributed by atoms with van der Waals surface area (Å²) in [5.41, 5.74) is -0.804. The summed E-state index contributed by atoms with van der Waals surface area (Å²) in [5, 5.41) is 16.0. The van der Waals surface area contributed by atoms with E-state index in [4.69, 9.17) is 4.74 Å². The molecule has 8 nitrogen and oxygen atoms in total. The van der Waals surface area contributed by atoms with Crippen LogP contribution in [0, 0.1) is 0 Å². The molecule has 2 heterocycles. The fourth-order valence-corrected chi connectivity index (χ4v) is 4.75. The second-order valence-electron chi connectivity index (χ2n) is 7.55. The molecule has 0 bridgehead atoms. The van der Waals surface area contributed by atoms with Gasteiger partial charge in [-0.1, -0.05) is 6.07 Å². The Labute approximate surface area is 154 Å². The molecule has 2 rings (SSSR count). The highest BCUT2D eigenvalue weighted by atomic mass is 32.2. The van der Waals surface area contributed by atoms with Crippen LogP contribution in [0.3, 0.4) is 0 Å². The van der Waals surface area contributed by atoms with E-state index in [1.165, 1.54) is 12.3 Å². The van der Waals surface area contributed by atoms with Crippen LogP contribution in [0.4, 0.5) is 4.79 Å². The molecule has 146 valence electrons. The lowest BCUT2D eigenvalue weighted by Gasteiger charge is -2.36. The SMILES string of the molecule is C[C@@H]1CC[C@@](NC(=O)OC(C)(C)C)(S(=O)(=O)c2ccccn2)[C@H](O)CN1. The van der Waals surface area contributed by atoms with E-state index in [0.717, 1.165) is 0 Å². The van der Waals surface area contributed by atoms with E-state index < -0.39 is 32.5 Å². The number of sulfone groups is 1. The summed E-state index contributed by atoms with van der Waals surface area (Å²) in [6.45, 7) is 6.95. The molecule has 1 aromatic rings. The molecular weight excluding hydrogens is 358 g/mol. The largest absolute Gasteiger partial charge is 0.444 e. The van der Waals surface area contributed by atoms with Crippen molar-refractivity contribution in [1.82, 2.24) is 15.6 Å². The van der Waals surface area contributed by atoms with Gasteiger partial charge in [0.1, 0.15) is 11.7 Å². The Morgan fingerprint density at radius 3 is 2.69 bits per heavy atom. The Kier molecular flexibility index (Phi) is 5.94. The Balaban J connectivity index is 2.50. The van der Waals surface area contributed by atoms with Gasteiger partial charge in [-0.3, -0.25) is 5.32 Å². The smallest absolute Gasteiger partial charge is 0.409 e. The Bertz CT molecular complexity index is 733. The van der Waals surface area contributed by atoms with Crippen LogP contribution < -0.4 is 10.6 Å². The zero-order chi connectivity index (χ0) is 19.6. The van der Waals surface area contributed by atoms with E-state index in [1.807, 2.05) is 6.92 Å². The number of aromatic nitrogens is 1. The van der Waals surface area contributed by atoms with E-state index in [1.54, 1.807) is 32.9 Å². The lowest BCUT2D eigenvalue weighted by Crippen LogP contribution is -2.63. The number of hydrogen-bond donors (Lipinski definition) is 3. The van der Waals surface area contributed by atoms with Crippen molar-refractivity contribution >= 4 is 15.9 Å². The summed E-state index contributed by atoms with van der Waals surface area (Å²) in [6, 6.07) is 4.49. The molecule has 1 aliphatic heterocycles. The second-order valence-corrected chi connectivity index (χ2v) is 9.71. The molecule has 1 saturated heterocycles. The molecule has 9 heteroatoms. The Morgan fingerprint density at radius 2 is 2.12 bits per heavy atom. The topological polar surface area (TPSA) is 118 Å². The predicted octanol–water partition coefficient (Wildman–Crippen LogP) is 1.21. The number of amides is 1. The lowest BCUT2D eigenvalue weighted by molar-refractivity contribution is 0.0373. The summed E-state index contributed by atoms with van der Waals surface area (Å²) < 4.78 is 32.0. The third-order valence-corrected chi connectivity index (χ3v) is 6.58. The number of nitrogens with one attached hydrogen (secondary N) is 2. The standard InChI is InChI=1S/C17H27N3O5S/c1-12-8-9-17(13(21)11-19-12,20-15(22)25-16(2,3)4)26(23,24)14-7-5-6-10-18-14/h5-7,10,12-13,19,21H,8-9,11H2,1-4H3,(H,20,22)/t12-,13-,17-/m1/s1. The maximum absolute atomic E-state index is 13.4. The number of pyridine rings is 1. The van der Waals surface area contributed by atoms with Gasteiger partial charge in [-0.15, -0.1) is 0 Å². The first-order valence-electron chi connectivity index (χ1n) is 8.56. The van der Waals surface area contributed by atoms with E-state index in [9.17, 15) is 18.3 Å². The van der Waals surface area contributed by atoms with Crippen LogP contribution in [0.5, 0.6) is 0 Å². The van der Waals surface area contributed by atoms with Crippen LogP contribution >= 0.6 is 0 Å². The number of nitrogens with zero attached hydrogens (tertiary/aromatic N) is 1. The number of rotatable bonds is 3. The Morgan fingerprint density at radius 1 is 1.42 bits per heavy atom. The lowest BCUT2D eigenvalue weighted by atomic mass is 10.0. The van der Waals surface area contributed by atoms with Crippen molar-refractivity contribution in [3.63, 3.8) is 0 Å². The fourth-order valence-electron chi connectivity index (χ4n) is 2.87.